The highest BCUT2D eigenvalue weighted by Crippen LogP contribution is 2.23. The van der Waals surface area contributed by atoms with Crippen LogP contribution >= 0.6 is 0 Å². The second-order valence-electron chi connectivity index (χ2n) is 5.67. The third kappa shape index (κ3) is 3.96. The topological polar surface area (TPSA) is 72.2 Å². The molecule has 22 heavy (non-hydrogen) atoms. The van der Waals surface area contributed by atoms with Crippen molar-refractivity contribution in [2.24, 2.45) is 0 Å². The van der Waals surface area contributed by atoms with Crippen molar-refractivity contribution in [3.05, 3.63) is 52.9 Å². The van der Waals surface area contributed by atoms with Crippen molar-refractivity contribution in [3.8, 4) is 0 Å². The first-order chi connectivity index (χ1) is 10.3. The van der Waals surface area contributed by atoms with E-state index in [-0.39, 0.29) is 17.7 Å². The van der Waals surface area contributed by atoms with E-state index in [0.29, 0.717) is 11.5 Å². The van der Waals surface area contributed by atoms with Gasteiger partial charge in [0.1, 0.15) is 5.76 Å². The highest BCUT2D eigenvalue weighted by Gasteiger charge is 2.23. The number of hydrogen-bond acceptors (Lipinski definition) is 4. The fourth-order valence-corrected chi connectivity index (χ4v) is 4.30. The minimum absolute atomic E-state index is 0.0464. The summed E-state index contributed by atoms with van der Waals surface area (Å²) in [5.74, 6) is 0.615. The largest absolute Gasteiger partial charge is 0.361 e. The fraction of sp³-hybridized carbons (Fsp3) is 0.438. The van der Waals surface area contributed by atoms with Gasteiger partial charge in [0.25, 0.3) is 0 Å². The average Bonchev–Trinajstić information content (AvgIpc) is 2.78. The molecule has 0 aliphatic carbocycles. The summed E-state index contributed by atoms with van der Waals surface area (Å²) in [4.78, 5) is 0. The maximum atomic E-state index is 12.4. The van der Waals surface area contributed by atoms with E-state index in [1.807, 2.05) is 44.2 Å². The molecule has 6 heteroatoms. The zero-order chi connectivity index (χ0) is 16.3. The molecule has 1 aromatic heterocycles. The van der Waals surface area contributed by atoms with Crippen molar-refractivity contribution in [3.63, 3.8) is 0 Å². The second-order valence-corrected chi connectivity index (χ2v) is 7.47. The number of sulfonamides is 1. The monoisotopic (exact) mass is 322 g/mol. The summed E-state index contributed by atoms with van der Waals surface area (Å²) in [6, 6.07) is 9.27. The molecule has 0 bridgehead atoms. The summed E-state index contributed by atoms with van der Waals surface area (Å²) in [6.45, 7) is 7.31. The number of nitrogens with one attached hydrogen (secondary N) is 1. The van der Waals surface area contributed by atoms with E-state index in [0.717, 1.165) is 11.1 Å². The maximum absolute atomic E-state index is 12.4. The Kier molecular flexibility index (Phi) is 5.03. The molecule has 0 saturated heterocycles. The first-order valence-electron chi connectivity index (χ1n) is 7.28. The molecule has 0 radical (unpaired) electrons. The van der Waals surface area contributed by atoms with Gasteiger partial charge in [-0.1, -0.05) is 42.4 Å². The molecular formula is C16H22N2O3S. The third-order valence-corrected chi connectivity index (χ3v) is 5.37. The molecule has 120 valence electrons. The number of aryl methyl sites for hydroxylation is 2. The summed E-state index contributed by atoms with van der Waals surface area (Å²) in [7, 11) is -3.41. The predicted molar refractivity (Wildman–Crippen MR) is 86.2 cm³/mol. The molecule has 5 nitrogen and oxygen atoms in total. The zero-order valence-corrected chi connectivity index (χ0v) is 14.1. The van der Waals surface area contributed by atoms with Crippen molar-refractivity contribution in [1.29, 1.82) is 0 Å². The van der Waals surface area contributed by atoms with Crippen LogP contribution in [0.25, 0.3) is 0 Å². The molecule has 0 amide bonds. The molecule has 1 aromatic carbocycles. The van der Waals surface area contributed by atoms with Gasteiger partial charge in [0, 0.05) is 11.6 Å². The minimum atomic E-state index is -3.41. The molecule has 0 saturated carbocycles. The second kappa shape index (κ2) is 6.62. The molecule has 2 atom stereocenters. The number of hydrogen-bond donors (Lipinski definition) is 1. The molecule has 0 aliphatic heterocycles. The molecule has 2 rings (SSSR count). The molecule has 0 aliphatic rings. The smallest absolute Gasteiger partial charge is 0.212 e. The minimum Gasteiger partial charge on any atom is -0.361 e. The summed E-state index contributed by atoms with van der Waals surface area (Å²) in [5.41, 5.74) is 2.53. The van der Waals surface area contributed by atoms with Gasteiger partial charge in [0.05, 0.1) is 11.4 Å². The van der Waals surface area contributed by atoms with Crippen LogP contribution in [0, 0.1) is 13.8 Å². The van der Waals surface area contributed by atoms with Crippen LogP contribution in [0.1, 0.15) is 48.4 Å². The Morgan fingerprint density at radius 1 is 1.18 bits per heavy atom. The lowest BCUT2D eigenvalue weighted by Crippen LogP contribution is -2.31. The molecular weight excluding hydrogens is 300 g/mol. The molecule has 0 spiro atoms. The summed E-state index contributed by atoms with van der Waals surface area (Å²) in [6.07, 6.45) is 0. The van der Waals surface area contributed by atoms with Crippen molar-refractivity contribution < 1.29 is 12.9 Å². The van der Waals surface area contributed by atoms with Gasteiger partial charge >= 0.3 is 0 Å². The van der Waals surface area contributed by atoms with E-state index >= 15 is 0 Å². The molecule has 2 aromatic rings. The molecule has 0 unspecified atom stereocenters. The standard InChI is InChI=1S/C16H22N2O3S/c1-11(15-8-6-5-7-9-15)10-22(19,20)18-13(3)16-12(2)17-21-14(16)4/h5-9,11,13,18H,10H2,1-4H3/t11-,13-/m1/s1. The summed E-state index contributed by atoms with van der Waals surface area (Å²) in [5, 5.41) is 3.87. The third-order valence-electron chi connectivity index (χ3n) is 3.72. The van der Waals surface area contributed by atoms with E-state index in [4.69, 9.17) is 4.52 Å². The van der Waals surface area contributed by atoms with Crippen molar-refractivity contribution >= 4 is 10.0 Å². The zero-order valence-electron chi connectivity index (χ0n) is 13.3. The van der Waals surface area contributed by atoms with Crippen LogP contribution in [0.2, 0.25) is 0 Å². The maximum Gasteiger partial charge on any atom is 0.212 e. The molecule has 1 N–H and O–H groups in total. The van der Waals surface area contributed by atoms with E-state index < -0.39 is 10.0 Å². The Labute approximate surface area is 131 Å². The number of aromatic nitrogens is 1. The van der Waals surface area contributed by atoms with Crippen molar-refractivity contribution in [2.75, 3.05) is 5.75 Å². The van der Waals surface area contributed by atoms with E-state index in [2.05, 4.69) is 9.88 Å². The van der Waals surface area contributed by atoms with Crippen LogP contribution < -0.4 is 4.72 Å². The number of nitrogens with zero attached hydrogens (tertiary/aromatic N) is 1. The molecule has 0 fully saturated rings. The van der Waals surface area contributed by atoms with Crippen LogP contribution in [0.3, 0.4) is 0 Å². The van der Waals surface area contributed by atoms with Gasteiger partial charge in [-0.3, -0.25) is 0 Å². The van der Waals surface area contributed by atoms with Crippen LogP contribution in [-0.4, -0.2) is 19.3 Å². The van der Waals surface area contributed by atoms with Crippen molar-refractivity contribution in [1.82, 2.24) is 9.88 Å². The number of rotatable bonds is 6. The van der Waals surface area contributed by atoms with E-state index in [9.17, 15) is 8.42 Å². The Morgan fingerprint density at radius 3 is 2.36 bits per heavy atom. The van der Waals surface area contributed by atoms with Gasteiger partial charge in [-0.2, -0.15) is 0 Å². The highest BCUT2D eigenvalue weighted by atomic mass is 32.2. The normalized spacial score (nSPS) is 14.7. The van der Waals surface area contributed by atoms with Gasteiger partial charge in [0.15, 0.2) is 0 Å². The van der Waals surface area contributed by atoms with Gasteiger partial charge < -0.3 is 4.52 Å². The lowest BCUT2D eigenvalue weighted by atomic mass is 10.0. The van der Waals surface area contributed by atoms with Crippen LogP contribution in [0.15, 0.2) is 34.9 Å². The SMILES string of the molecule is Cc1noc(C)c1[C@@H](C)NS(=O)(=O)C[C@@H](C)c1ccccc1. The van der Waals surface area contributed by atoms with Gasteiger partial charge in [-0.05, 0) is 32.3 Å². The van der Waals surface area contributed by atoms with Gasteiger partial charge in [-0.25, -0.2) is 13.1 Å². The Hall–Kier alpha value is -1.66. The lowest BCUT2D eigenvalue weighted by Gasteiger charge is -2.17. The Balaban J connectivity index is 2.08. The van der Waals surface area contributed by atoms with Crippen LogP contribution in [-0.2, 0) is 10.0 Å². The first-order valence-corrected chi connectivity index (χ1v) is 8.93. The van der Waals surface area contributed by atoms with E-state index in [1.54, 1.807) is 13.8 Å². The quantitative estimate of drug-likeness (QED) is 0.887. The van der Waals surface area contributed by atoms with Crippen LogP contribution in [0.4, 0.5) is 0 Å². The summed E-state index contributed by atoms with van der Waals surface area (Å²) < 4.78 is 32.6. The Bertz CT molecular complexity index is 704. The number of benzene rings is 1. The first kappa shape index (κ1) is 16.7. The van der Waals surface area contributed by atoms with Crippen LogP contribution in [0.5, 0.6) is 0 Å². The van der Waals surface area contributed by atoms with E-state index in [1.165, 1.54) is 0 Å². The van der Waals surface area contributed by atoms with Gasteiger partial charge in [0.2, 0.25) is 10.0 Å². The fourth-order valence-electron chi connectivity index (χ4n) is 2.69. The average molecular weight is 322 g/mol. The van der Waals surface area contributed by atoms with Crippen molar-refractivity contribution in [2.45, 2.75) is 39.7 Å². The van der Waals surface area contributed by atoms with Gasteiger partial charge in [-0.15, -0.1) is 0 Å². The predicted octanol–water partition coefficient (Wildman–Crippen LogP) is 3.08. The molecule has 1 heterocycles. The Morgan fingerprint density at radius 2 is 1.82 bits per heavy atom. The summed E-state index contributed by atoms with van der Waals surface area (Å²) >= 11 is 0. The highest BCUT2D eigenvalue weighted by molar-refractivity contribution is 7.89. The lowest BCUT2D eigenvalue weighted by molar-refractivity contribution is 0.391.